The second kappa shape index (κ2) is 5.54. The van der Waals surface area contributed by atoms with E-state index < -0.39 is 5.41 Å². The van der Waals surface area contributed by atoms with Crippen molar-refractivity contribution in [1.29, 1.82) is 5.26 Å². The van der Waals surface area contributed by atoms with Crippen LogP contribution in [0.15, 0.2) is 24.3 Å². The maximum atomic E-state index is 12.8. The first-order valence-electron chi connectivity index (χ1n) is 7.01. The van der Waals surface area contributed by atoms with Crippen molar-refractivity contribution in [2.45, 2.75) is 44.6 Å². The molecule has 0 unspecified atom stereocenters. The van der Waals surface area contributed by atoms with Gasteiger partial charge in [0.1, 0.15) is 0 Å². The van der Waals surface area contributed by atoms with Crippen LogP contribution in [0.2, 0.25) is 0 Å². The van der Waals surface area contributed by atoms with Crippen molar-refractivity contribution in [1.82, 2.24) is 4.90 Å². The maximum absolute atomic E-state index is 12.8. The van der Waals surface area contributed by atoms with Gasteiger partial charge in [-0.15, -0.1) is 0 Å². The number of rotatable bonds is 5. The van der Waals surface area contributed by atoms with Gasteiger partial charge in [0.25, 0.3) is 0 Å². The summed E-state index contributed by atoms with van der Waals surface area (Å²) in [6.45, 7) is 4.39. The van der Waals surface area contributed by atoms with Crippen molar-refractivity contribution >= 4 is 11.6 Å². The van der Waals surface area contributed by atoms with Gasteiger partial charge in [0, 0.05) is 18.3 Å². The van der Waals surface area contributed by atoms with Crippen LogP contribution in [-0.4, -0.2) is 23.4 Å². The third-order valence-electron chi connectivity index (χ3n) is 3.88. The van der Waals surface area contributed by atoms with Gasteiger partial charge in [-0.2, -0.15) is 5.26 Å². The lowest BCUT2D eigenvalue weighted by molar-refractivity contribution is -0.136. The zero-order valence-electron chi connectivity index (χ0n) is 12.1. The molecule has 4 heteroatoms. The Morgan fingerprint density at radius 1 is 1.40 bits per heavy atom. The van der Waals surface area contributed by atoms with Crippen molar-refractivity contribution < 1.29 is 4.79 Å². The topological polar surface area (TPSA) is 70.1 Å². The van der Waals surface area contributed by atoms with Crippen LogP contribution >= 0.6 is 0 Å². The lowest BCUT2D eigenvalue weighted by atomic mass is 9.83. The Labute approximate surface area is 120 Å². The van der Waals surface area contributed by atoms with Crippen molar-refractivity contribution in [2.24, 2.45) is 0 Å². The summed E-state index contributed by atoms with van der Waals surface area (Å²) in [6.07, 6.45) is 2.49. The van der Waals surface area contributed by atoms with E-state index in [0.717, 1.165) is 18.4 Å². The Balaban J connectivity index is 2.20. The Morgan fingerprint density at radius 2 is 2.00 bits per heavy atom. The standard InChI is InChI=1S/C16H21N3O/c1-16(2,12-4-6-13(18)7-5-12)15(20)19(11-3-10-17)14-8-9-14/h4-7,14H,3,8-9,11,18H2,1-2H3. The molecule has 1 amide bonds. The summed E-state index contributed by atoms with van der Waals surface area (Å²) in [5.41, 5.74) is 6.76. The van der Waals surface area contributed by atoms with E-state index in [9.17, 15) is 4.79 Å². The molecule has 4 nitrogen and oxygen atoms in total. The molecule has 1 aliphatic rings. The molecular formula is C16H21N3O. The molecule has 20 heavy (non-hydrogen) atoms. The molecule has 0 saturated heterocycles. The highest BCUT2D eigenvalue weighted by atomic mass is 16.2. The van der Waals surface area contributed by atoms with Crippen LogP contribution in [0.25, 0.3) is 0 Å². The summed E-state index contributed by atoms with van der Waals surface area (Å²) in [7, 11) is 0. The van der Waals surface area contributed by atoms with E-state index in [4.69, 9.17) is 11.0 Å². The molecule has 106 valence electrons. The Hall–Kier alpha value is -2.02. The fraction of sp³-hybridized carbons (Fsp3) is 0.500. The number of nitrogens with two attached hydrogens (primary N) is 1. The van der Waals surface area contributed by atoms with Crippen molar-refractivity contribution in [2.75, 3.05) is 12.3 Å². The van der Waals surface area contributed by atoms with E-state index >= 15 is 0 Å². The van der Waals surface area contributed by atoms with Crippen molar-refractivity contribution in [3.63, 3.8) is 0 Å². The summed E-state index contributed by atoms with van der Waals surface area (Å²) in [6, 6.07) is 9.90. The predicted molar refractivity (Wildman–Crippen MR) is 78.8 cm³/mol. The zero-order chi connectivity index (χ0) is 14.8. The molecule has 0 radical (unpaired) electrons. The van der Waals surface area contributed by atoms with Gasteiger partial charge in [-0.25, -0.2) is 0 Å². The summed E-state index contributed by atoms with van der Waals surface area (Å²) in [5.74, 6) is 0.0972. The molecule has 0 aromatic heterocycles. The van der Waals surface area contributed by atoms with Gasteiger partial charge in [0.2, 0.25) is 5.91 Å². The van der Waals surface area contributed by atoms with E-state index in [1.54, 1.807) is 0 Å². The number of benzene rings is 1. The lowest BCUT2D eigenvalue weighted by Gasteiger charge is -2.32. The van der Waals surface area contributed by atoms with E-state index in [-0.39, 0.29) is 5.91 Å². The number of amides is 1. The number of carbonyl (C=O) groups excluding carboxylic acids is 1. The normalized spacial score (nSPS) is 14.7. The monoisotopic (exact) mass is 271 g/mol. The quantitative estimate of drug-likeness (QED) is 0.836. The predicted octanol–water partition coefficient (Wildman–Crippen LogP) is 2.45. The molecule has 0 aliphatic heterocycles. The average molecular weight is 271 g/mol. The smallest absolute Gasteiger partial charge is 0.232 e. The van der Waals surface area contributed by atoms with Gasteiger partial charge in [0.15, 0.2) is 0 Å². The van der Waals surface area contributed by atoms with Crippen LogP contribution < -0.4 is 5.73 Å². The van der Waals surface area contributed by atoms with Crippen molar-refractivity contribution in [3.8, 4) is 6.07 Å². The molecular weight excluding hydrogens is 250 g/mol. The molecule has 0 atom stereocenters. The van der Waals surface area contributed by atoms with Crippen molar-refractivity contribution in [3.05, 3.63) is 29.8 Å². The average Bonchev–Trinajstić information content (AvgIpc) is 3.24. The number of nitriles is 1. The van der Waals surface area contributed by atoms with Crippen LogP contribution in [0, 0.1) is 11.3 Å². The third kappa shape index (κ3) is 2.93. The molecule has 1 fully saturated rings. The van der Waals surface area contributed by atoms with Crippen LogP contribution in [0.5, 0.6) is 0 Å². The fourth-order valence-corrected chi connectivity index (χ4v) is 2.39. The minimum absolute atomic E-state index is 0.0972. The zero-order valence-corrected chi connectivity index (χ0v) is 12.1. The van der Waals surface area contributed by atoms with E-state index in [0.29, 0.717) is 24.7 Å². The maximum Gasteiger partial charge on any atom is 0.232 e. The van der Waals surface area contributed by atoms with Gasteiger partial charge < -0.3 is 10.6 Å². The Bertz CT molecular complexity index is 524. The minimum Gasteiger partial charge on any atom is -0.399 e. The summed E-state index contributed by atoms with van der Waals surface area (Å²) in [5, 5.41) is 8.75. The molecule has 0 heterocycles. The van der Waals surface area contributed by atoms with E-state index in [1.165, 1.54) is 0 Å². The van der Waals surface area contributed by atoms with E-state index in [1.807, 2.05) is 43.0 Å². The van der Waals surface area contributed by atoms with E-state index in [2.05, 4.69) is 6.07 Å². The second-order valence-electron chi connectivity index (χ2n) is 5.88. The van der Waals surface area contributed by atoms with Crippen LogP contribution in [0.1, 0.15) is 38.7 Å². The summed E-state index contributed by atoms with van der Waals surface area (Å²) in [4.78, 5) is 14.7. The summed E-state index contributed by atoms with van der Waals surface area (Å²) >= 11 is 0. The highest BCUT2D eigenvalue weighted by Crippen LogP contribution is 2.33. The number of anilines is 1. The number of carbonyl (C=O) groups is 1. The highest BCUT2D eigenvalue weighted by Gasteiger charge is 2.40. The first-order chi connectivity index (χ1) is 9.46. The Kier molecular flexibility index (Phi) is 3.99. The molecule has 1 aromatic carbocycles. The van der Waals surface area contributed by atoms with Gasteiger partial charge in [-0.05, 0) is 44.4 Å². The fourth-order valence-electron chi connectivity index (χ4n) is 2.39. The molecule has 1 aromatic rings. The van der Waals surface area contributed by atoms with Crippen LogP contribution in [0.3, 0.4) is 0 Å². The largest absolute Gasteiger partial charge is 0.399 e. The van der Waals surface area contributed by atoms with Gasteiger partial charge in [-0.1, -0.05) is 12.1 Å². The Morgan fingerprint density at radius 3 is 2.50 bits per heavy atom. The SMILES string of the molecule is CC(C)(C(=O)N(CCC#N)C1CC1)c1ccc(N)cc1. The number of nitrogen functional groups attached to an aromatic ring is 1. The number of hydrogen-bond donors (Lipinski definition) is 1. The molecule has 0 bridgehead atoms. The van der Waals surface area contributed by atoms with Gasteiger partial charge in [0.05, 0.1) is 17.9 Å². The molecule has 2 N–H and O–H groups in total. The minimum atomic E-state index is -0.592. The molecule has 2 rings (SSSR count). The molecule has 0 spiro atoms. The van der Waals surface area contributed by atoms with Crippen LogP contribution in [0.4, 0.5) is 5.69 Å². The van der Waals surface area contributed by atoms with Crippen LogP contribution in [-0.2, 0) is 10.2 Å². The van der Waals surface area contributed by atoms with Gasteiger partial charge in [-0.3, -0.25) is 4.79 Å². The highest BCUT2D eigenvalue weighted by molar-refractivity contribution is 5.88. The number of nitrogens with zero attached hydrogens (tertiary/aromatic N) is 2. The lowest BCUT2D eigenvalue weighted by Crippen LogP contribution is -2.45. The number of hydrogen-bond acceptors (Lipinski definition) is 3. The second-order valence-corrected chi connectivity index (χ2v) is 5.88. The summed E-state index contributed by atoms with van der Waals surface area (Å²) < 4.78 is 0. The molecule has 1 saturated carbocycles. The molecule has 1 aliphatic carbocycles. The third-order valence-corrected chi connectivity index (χ3v) is 3.88. The van der Waals surface area contributed by atoms with Gasteiger partial charge >= 0.3 is 0 Å². The first-order valence-corrected chi connectivity index (χ1v) is 7.01. The first kappa shape index (κ1) is 14.4.